The van der Waals surface area contributed by atoms with Crippen LogP contribution < -0.4 is 0 Å². The third-order valence-corrected chi connectivity index (χ3v) is 4.33. The van der Waals surface area contributed by atoms with Crippen LogP contribution in [-0.2, 0) is 9.84 Å². The quantitative estimate of drug-likeness (QED) is 0.694. The average Bonchev–Trinajstić information content (AvgIpc) is 2.49. The first-order valence-corrected chi connectivity index (χ1v) is 7.19. The molecule has 0 aliphatic heterocycles. The topological polar surface area (TPSA) is 82.5 Å². The monoisotopic (exact) mass is 287 g/mol. The molecule has 0 atom stereocenters. The van der Waals surface area contributed by atoms with Crippen LogP contribution in [0, 0.1) is 5.39 Å². The molecule has 0 saturated carbocycles. The normalized spacial score (nSPS) is 12.3. The molecule has 0 bridgehead atoms. The molecule has 0 fully saturated rings. The SMILES string of the molecule is N#[N+]/C(=C(/O)c1ccccc1)S(=O)(=O)c1ccccc1. The van der Waals surface area contributed by atoms with Crippen molar-refractivity contribution in [2.75, 3.05) is 0 Å². The summed E-state index contributed by atoms with van der Waals surface area (Å²) in [5.41, 5.74) is 0.250. The lowest BCUT2D eigenvalue weighted by Gasteiger charge is -1.99. The first-order chi connectivity index (χ1) is 9.57. The van der Waals surface area contributed by atoms with E-state index in [1.165, 1.54) is 24.3 Å². The maximum absolute atomic E-state index is 12.3. The van der Waals surface area contributed by atoms with Crippen molar-refractivity contribution in [2.45, 2.75) is 4.90 Å². The fourth-order valence-corrected chi connectivity index (χ4v) is 2.88. The first kappa shape index (κ1) is 13.8. The van der Waals surface area contributed by atoms with Gasteiger partial charge in [-0.15, -0.1) is 0 Å². The predicted octanol–water partition coefficient (Wildman–Crippen LogP) is 3.20. The molecule has 2 rings (SSSR count). The second-order valence-corrected chi connectivity index (χ2v) is 5.80. The zero-order valence-electron chi connectivity index (χ0n) is 10.3. The molecule has 0 aromatic heterocycles. The van der Waals surface area contributed by atoms with E-state index >= 15 is 0 Å². The minimum atomic E-state index is -4.09. The molecule has 2 aromatic carbocycles. The Kier molecular flexibility index (Phi) is 3.82. The third kappa shape index (κ3) is 2.53. The van der Waals surface area contributed by atoms with Crippen molar-refractivity contribution < 1.29 is 13.5 Å². The Balaban J connectivity index is 2.62. The van der Waals surface area contributed by atoms with Crippen LogP contribution in [0.15, 0.2) is 70.6 Å². The highest BCUT2D eigenvalue weighted by Gasteiger charge is 2.37. The average molecular weight is 287 g/mol. The second kappa shape index (κ2) is 5.55. The van der Waals surface area contributed by atoms with Gasteiger partial charge in [0.1, 0.15) is 0 Å². The summed E-state index contributed by atoms with van der Waals surface area (Å²) in [5.74, 6) is -0.600. The van der Waals surface area contributed by atoms with E-state index in [0.29, 0.717) is 0 Å². The number of rotatable bonds is 3. The van der Waals surface area contributed by atoms with Crippen LogP contribution in [0.2, 0.25) is 0 Å². The fraction of sp³-hybridized carbons (Fsp3) is 0. The number of hydrogen-bond acceptors (Lipinski definition) is 4. The van der Waals surface area contributed by atoms with Gasteiger partial charge in [-0.25, -0.2) is 8.42 Å². The Morgan fingerprint density at radius 1 is 0.950 bits per heavy atom. The molecule has 100 valence electrons. The summed E-state index contributed by atoms with van der Waals surface area (Å²) in [6, 6.07) is 15.5. The molecule has 5 nitrogen and oxygen atoms in total. The van der Waals surface area contributed by atoms with E-state index in [0.717, 1.165) is 0 Å². The van der Waals surface area contributed by atoms with Gasteiger partial charge < -0.3 is 5.11 Å². The molecule has 0 aliphatic rings. The van der Waals surface area contributed by atoms with Crippen LogP contribution >= 0.6 is 0 Å². The number of aliphatic hydroxyl groups excluding tert-OH is 1. The molecular weight excluding hydrogens is 276 g/mol. The molecule has 2 aromatic rings. The lowest BCUT2D eigenvalue weighted by Crippen LogP contribution is -2.05. The van der Waals surface area contributed by atoms with Crippen molar-refractivity contribution >= 4 is 15.6 Å². The van der Waals surface area contributed by atoms with Crippen molar-refractivity contribution in [3.8, 4) is 0 Å². The number of sulfone groups is 1. The lowest BCUT2D eigenvalue weighted by molar-refractivity contribution is 0.509. The van der Waals surface area contributed by atoms with Gasteiger partial charge in [0.05, 0.1) is 4.90 Å². The van der Waals surface area contributed by atoms with Gasteiger partial charge >= 0.3 is 5.03 Å². The van der Waals surface area contributed by atoms with E-state index in [9.17, 15) is 13.5 Å². The Morgan fingerprint density at radius 3 is 1.95 bits per heavy atom. The molecule has 0 saturated heterocycles. The van der Waals surface area contributed by atoms with Crippen LogP contribution in [0.4, 0.5) is 0 Å². The fourth-order valence-electron chi connectivity index (χ4n) is 1.66. The predicted molar refractivity (Wildman–Crippen MR) is 74.7 cm³/mol. The number of aliphatic hydroxyl groups is 1. The highest BCUT2D eigenvalue weighted by Crippen LogP contribution is 2.26. The molecule has 0 radical (unpaired) electrons. The summed E-state index contributed by atoms with van der Waals surface area (Å²) < 4.78 is 24.6. The van der Waals surface area contributed by atoms with E-state index < -0.39 is 20.6 Å². The van der Waals surface area contributed by atoms with Gasteiger partial charge in [0.15, 0.2) is 4.98 Å². The van der Waals surface area contributed by atoms with Gasteiger partial charge in [-0.3, -0.25) is 0 Å². The Hall–Kier alpha value is -2.65. The number of diazo groups is 1. The van der Waals surface area contributed by atoms with E-state index in [1.54, 1.807) is 36.4 Å². The molecular formula is C14H11N2O3S+. The van der Waals surface area contributed by atoms with Crippen LogP contribution in [0.1, 0.15) is 5.56 Å². The lowest BCUT2D eigenvalue weighted by atomic mass is 10.2. The van der Waals surface area contributed by atoms with E-state index in [-0.39, 0.29) is 10.5 Å². The third-order valence-electron chi connectivity index (χ3n) is 2.65. The molecule has 0 aliphatic carbocycles. The van der Waals surface area contributed by atoms with Crippen molar-refractivity contribution in [1.29, 1.82) is 5.39 Å². The van der Waals surface area contributed by atoms with Gasteiger partial charge in [-0.2, -0.15) is 0 Å². The van der Waals surface area contributed by atoms with Crippen molar-refractivity contribution in [2.24, 2.45) is 0 Å². The van der Waals surface area contributed by atoms with Gasteiger partial charge in [0, 0.05) is 5.56 Å². The standard InChI is InChI=1S/C14H10N2O3S/c15-16-14(13(17)11-7-3-1-4-8-11)20(18,19)12-9-5-2-6-10-12/h1-10H/p+1/b14-13-. The van der Waals surface area contributed by atoms with Gasteiger partial charge in [-0.05, 0) is 12.1 Å². The molecule has 0 heterocycles. The molecule has 6 heteroatoms. The Labute approximate surface area is 116 Å². The smallest absolute Gasteiger partial charge is 0.500 e. The molecule has 20 heavy (non-hydrogen) atoms. The molecule has 0 unspecified atom stereocenters. The number of nitrogens with zero attached hydrogens (tertiary/aromatic N) is 2. The summed E-state index contributed by atoms with van der Waals surface area (Å²) in [6.07, 6.45) is 0. The zero-order valence-corrected chi connectivity index (χ0v) is 11.2. The Bertz CT molecular complexity index is 776. The van der Waals surface area contributed by atoms with E-state index in [2.05, 4.69) is 4.98 Å². The summed E-state index contributed by atoms with van der Waals surface area (Å²) in [6.45, 7) is 0. The van der Waals surface area contributed by atoms with Gasteiger partial charge in [0.2, 0.25) is 11.2 Å². The first-order valence-electron chi connectivity index (χ1n) is 5.71. The van der Waals surface area contributed by atoms with Crippen LogP contribution in [-0.4, -0.2) is 13.5 Å². The Morgan fingerprint density at radius 2 is 1.45 bits per heavy atom. The van der Waals surface area contributed by atoms with E-state index in [4.69, 9.17) is 5.39 Å². The molecule has 0 amide bonds. The largest absolute Gasteiger partial charge is 0.520 e. The summed E-state index contributed by atoms with van der Waals surface area (Å²) in [5, 5.41) is 18.2. The van der Waals surface area contributed by atoms with Crippen molar-refractivity contribution in [1.82, 2.24) is 0 Å². The second-order valence-electron chi connectivity index (χ2n) is 3.94. The number of benzene rings is 2. The maximum atomic E-state index is 12.3. The van der Waals surface area contributed by atoms with Gasteiger partial charge in [-0.1, -0.05) is 48.5 Å². The van der Waals surface area contributed by atoms with Gasteiger partial charge in [0.25, 0.3) is 9.84 Å². The van der Waals surface area contributed by atoms with Crippen LogP contribution in [0.25, 0.3) is 10.7 Å². The highest BCUT2D eigenvalue weighted by molar-refractivity contribution is 7.95. The minimum Gasteiger partial charge on any atom is -0.500 e. The molecule has 1 N–H and O–H groups in total. The minimum absolute atomic E-state index is 0.0599. The molecule has 0 spiro atoms. The zero-order chi connectivity index (χ0) is 14.6. The van der Waals surface area contributed by atoms with Crippen molar-refractivity contribution in [3.05, 3.63) is 76.2 Å². The summed E-state index contributed by atoms with van der Waals surface area (Å²) in [4.78, 5) is 2.69. The highest BCUT2D eigenvalue weighted by atomic mass is 32.2. The van der Waals surface area contributed by atoms with Crippen molar-refractivity contribution in [3.63, 3.8) is 0 Å². The van der Waals surface area contributed by atoms with E-state index in [1.807, 2.05) is 0 Å². The maximum Gasteiger partial charge on any atom is 0.520 e. The van der Waals surface area contributed by atoms with Crippen LogP contribution in [0.5, 0.6) is 0 Å². The number of hydrogen-bond donors (Lipinski definition) is 1. The van der Waals surface area contributed by atoms with Crippen LogP contribution in [0.3, 0.4) is 0 Å². The summed E-state index contributed by atoms with van der Waals surface area (Å²) >= 11 is 0. The summed E-state index contributed by atoms with van der Waals surface area (Å²) in [7, 11) is -4.09.